The van der Waals surface area contributed by atoms with Crippen LogP contribution in [0.4, 0.5) is 10.1 Å². The number of Topliss-reactive ketones (excluding diaryl/α,β-unsaturated/α-hetero) is 1. The zero-order valence-corrected chi connectivity index (χ0v) is 16.8. The Morgan fingerprint density at radius 1 is 1.07 bits per heavy atom. The summed E-state index contributed by atoms with van der Waals surface area (Å²) < 4.78 is 15.0. The molecule has 2 atom stereocenters. The van der Waals surface area contributed by atoms with Crippen LogP contribution in [-0.2, 0) is 4.79 Å². The number of piperidine rings is 1. The van der Waals surface area contributed by atoms with Gasteiger partial charge in [-0.05, 0) is 25.0 Å². The van der Waals surface area contributed by atoms with E-state index in [1.807, 2.05) is 36.4 Å². The number of ketones is 1. The van der Waals surface area contributed by atoms with Crippen LogP contribution >= 0.6 is 0 Å². The first-order chi connectivity index (χ1) is 14.5. The van der Waals surface area contributed by atoms with Crippen LogP contribution in [0.3, 0.4) is 0 Å². The van der Waals surface area contributed by atoms with E-state index in [-0.39, 0.29) is 18.1 Å². The summed E-state index contributed by atoms with van der Waals surface area (Å²) in [6.07, 6.45) is -0.332. The number of nitrogens with two attached hydrogens (primary N) is 1. The van der Waals surface area contributed by atoms with E-state index in [4.69, 9.17) is 5.73 Å². The highest BCUT2D eigenvalue weighted by molar-refractivity contribution is 5.99. The van der Waals surface area contributed by atoms with E-state index in [0.717, 1.165) is 5.69 Å². The van der Waals surface area contributed by atoms with E-state index >= 15 is 0 Å². The van der Waals surface area contributed by atoms with Gasteiger partial charge < -0.3 is 16.0 Å². The Labute approximate surface area is 175 Å². The molecule has 2 aromatic rings. The van der Waals surface area contributed by atoms with Crippen LogP contribution in [0.2, 0.25) is 0 Å². The Hall–Kier alpha value is -2.77. The summed E-state index contributed by atoms with van der Waals surface area (Å²) in [7, 11) is 0. The number of halogens is 1. The molecule has 2 unspecified atom stereocenters. The fraction of sp³-hybridized carbons (Fsp3) is 0.391. The number of nitrogens with zero attached hydrogens (tertiary/aromatic N) is 2. The lowest BCUT2D eigenvalue weighted by Crippen LogP contribution is -2.57. The molecule has 0 radical (unpaired) electrons. The molecule has 0 aromatic heterocycles. The van der Waals surface area contributed by atoms with Crippen molar-refractivity contribution in [1.82, 2.24) is 10.2 Å². The number of carbonyl (C=O) groups excluding carboxylic acids is 2. The van der Waals surface area contributed by atoms with Gasteiger partial charge in [-0.15, -0.1) is 0 Å². The fourth-order valence-electron chi connectivity index (χ4n) is 4.49. The van der Waals surface area contributed by atoms with E-state index in [0.29, 0.717) is 38.2 Å². The molecule has 1 amide bonds. The number of anilines is 1. The largest absolute Gasteiger partial charge is 0.339 e. The Balaban J connectivity index is 1.39. The number of hydrogen-bond donors (Lipinski definition) is 2. The predicted molar refractivity (Wildman–Crippen MR) is 114 cm³/mol. The summed E-state index contributed by atoms with van der Waals surface area (Å²) in [5.74, 6) is -0.255. The van der Waals surface area contributed by atoms with Gasteiger partial charge in [0.05, 0.1) is 12.7 Å². The molecule has 2 aliphatic rings. The van der Waals surface area contributed by atoms with Gasteiger partial charge in [0.1, 0.15) is 5.54 Å². The maximum absolute atomic E-state index is 15.0. The van der Waals surface area contributed by atoms with Gasteiger partial charge in [0.2, 0.25) is 5.91 Å². The average Bonchev–Trinajstić information content (AvgIpc) is 3.10. The van der Waals surface area contributed by atoms with Crippen molar-refractivity contribution in [3.05, 3.63) is 66.2 Å². The van der Waals surface area contributed by atoms with Crippen molar-refractivity contribution >= 4 is 17.4 Å². The van der Waals surface area contributed by atoms with Crippen LogP contribution in [0, 0.1) is 0 Å². The number of likely N-dealkylation sites (tertiary alicyclic amines) is 1. The lowest BCUT2D eigenvalue weighted by atomic mass is 9.85. The first-order valence-corrected chi connectivity index (χ1v) is 10.4. The molecule has 3 N–H and O–H groups in total. The van der Waals surface area contributed by atoms with Crippen molar-refractivity contribution in [3.63, 3.8) is 0 Å². The molecular formula is C23H27FN4O2. The third-order valence-electron chi connectivity index (χ3n) is 6.27. The fourth-order valence-corrected chi connectivity index (χ4v) is 4.49. The maximum Gasteiger partial charge on any atom is 0.247 e. The predicted octanol–water partition coefficient (Wildman–Crippen LogP) is 2.31. The summed E-state index contributed by atoms with van der Waals surface area (Å²) in [4.78, 5) is 28.9. The number of carbonyl (C=O) groups is 2. The summed E-state index contributed by atoms with van der Waals surface area (Å²) in [6, 6.07) is 17.7. The normalized spacial score (nSPS) is 20.7. The number of amides is 1. The van der Waals surface area contributed by atoms with Crippen LogP contribution in [0.25, 0.3) is 0 Å². The number of hydrogen-bond acceptors (Lipinski definition) is 5. The van der Waals surface area contributed by atoms with Gasteiger partial charge in [-0.1, -0.05) is 48.5 Å². The molecular weight excluding hydrogens is 383 g/mol. The van der Waals surface area contributed by atoms with Gasteiger partial charge in [0.15, 0.2) is 12.1 Å². The number of nitrogens with one attached hydrogen (secondary N) is 1. The quantitative estimate of drug-likeness (QED) is 0.564. The van der Waals surface area contributed by atoms with E-state index in [2.05, 4.69) is 10.2 Å². The monoisotopic (exact) mass is 410 g/mol. The van der Waals surface area contributed by atoms with Gasteiger partial charge >= 0.3 is 0 Å². The van der Waals surface area contributed by atoms with Crippen molar-refractivity contribution < 1.29 is 14.0 Å². The highest BCUT2D eigenvalue weighted by atomic mass is 19.1. The van der Waals surface area contributed by atoms with Gasteiger partial charge in [-0.25, -0.2) is 4.39 Å². The molecule has 2 saturated heterocycles. The van der Waals surface area contributed by atoms with Gasteiger partial charge in [0.25, 0.3) is 0 Å². The smallest absolute Gasteiger partial charge is 0.247 e. The average molecular weight is 410 g/mol. The molecule has 0 aliphatic carbocycles. The topological polar surface area (TPSA) is 78.7 Å². The molecule has 0 saturated carbocycles. The highest BCUT2D eigenvalue weighted by Gasteiger charge is 2.51. The Kier molecular flexibility index (Phi) is 5.83. The second-order valence-corrected chi connectivity index (χ2v) is 8.00. The van der Waals surface area contributed by atoms with Crippen LogP contribution in [-0.4, -0.2) is 54.2 Å². The number of alkyl halides is 1. The molecule has 4 rings (SSSR count). The minimum Gasteiger partial charge on any atom is -0.339 e. The standard InChI is InChI=1S/C23H27FN4O2/c24-20(15-19(25)21(29)17-7-3-1-4-8-17)27-13-11-23(12-14-27)22(30)26-16-28(23)18-9-5-2-6-10-18/h1-10,19-20H,11-16,25H2,(H,26,30). The number of para-hydroxylation sites is 1. The molecule has 2 fully saturated rings. The summed E-state index contributed by atoms with van der Waals surface area (Å²) in [5.41, 5.74) is 6.83. The lowest BCUT2D eigenvalue weighted by Gasteiger charge is -2.44. The minimum atomic E-state index is -1.32. The van der Waals surface area contributed by atoms with Crippen molar-refractivity contribution in [2.24, 2.45) is 5.73 Å². The molecule has 30 heavy (non-hydrogen) atoms. The van der Waals surface area contributed by atoms with E-state index < -0.39 is 17.9 Å². The SMILES string of the molecule is NC(CC(F)N1CCC2(CC1)C(=O)NCN2c1ccccc1)C(=O)c1ccccc1. The Morgan fingerprint density at radius 2 is 1.67 bits per heavy atom. The van der Waals surface area contributed by atoms with Gasteiger partial charge in [-0.3, -0.25) is 14.5 Å². The Morgan fingerprint density at radius 3 is 2.30 bits per heavy atom. The van der Waals surface area contributed by atoms with Crippen LogP contribution in [0.1, 0.15) is 29.6 Å². The highest BCUT2D eigenvalue weighted by Crippen LogP contribution is 2.36. The van der Waals surface area contributed by atoms with Crippen LogP contribution < -0.4 is 16.0 Å². The number of rotatable bonds is 6. The zero-order chi connectivity index (χ0) is 21.1. The summed E-state index contributed by atoms with van der Waals surface area (Å²) >= 11 is 0. The first kappa shape index (κ1) is 20.5. The van der Waals surface area contributed by atoms with E-state index in [1.54, 1.807) is 29.2 Å². The second-order valence-electron chi connectivity index (χ2n) is 8.00. The Bertz CT molecular complexity index is 885. The van der Waals surface area contributed by atoms with Gasteiger partial charge in [-0.2, -0.15) is 0 Å². The summed E-state index contributed by atoms with van der Waals surface area (Å²) in [6.45, 7) is 1.33. The van der Waals surface area contributed by atoms with Crippen LogP contribution in [0.5, 0.6) is 0 Å². The summed E-state index contributed by atoms with van der Waals surface area (Å²) in [5, 5.41) is 2.95. The third kappa shape index (κ3) is 3.82. The minimum absolute atomic E-state index is 0.00244. The van der Waals surface area contributed by atoms with Crippen molar-refractivity contribution in [1.29, 1.82) is 0 Å². The van der Waals surface area contributed by atoms with Crippen LogP contribution in [0.15, 0.2) is 60.7 Å². The molecule has 2 aliphatic heterocycles. The molecule has 158 valence electrons. The first-order valence-electron chi connectivity index (χ1n) is 10.4. The van der Waals surface area contributed by atoms with Crippen molar-refractivity contribution in [2.45, 2.75) is 37.1 Å². The van der Waals surface area contributed by atoms with E-state index in [9.17, 15) is 14.0 Å². The van der Waals surface area contributed by atoms with Crippen molar-refractivity contribution in [2.75, 3.05) is 24.7 Å². The molecule has 6 nitrogen and oxygen atoms in total. The molecule has 2 heterocycles. The molecule has 2 aromatic carbocycles. The number of benzene rings is 2. The molecule has 7 heteroatoms. The third-order valence-corrected chi connectivity index (χ3v) is 6.27. The zero-order valence-electron chi connectivity index (χ0n) is 16.8. The van der Waals surface area contributed by atoms with Gasteiger partial charge in [0, 0.05) is 30.8 Å². The lowest BCUT2D eigenvalue weighted by molar-refractivity contribution is -0.125. The molecule has 1 spiro atoms. The maximum atomic E-state index is 15.0. The van der Waals surface area contributed by atoms with Crippen molar-refractivity contribution in [3.8, 4) is 0 Å². The molecule has 0 bridgehead atoms. The second kappa shape index (κ2) is 8.53. The van der Waals surface area contributed by atoms with E-state index in [1.165, 1.54) is 0 Å².